The summed E-state index contributed by atoms with van der Waals surface area (Å²) in [5.41, 5.74) is 0.0879. The van der Waals surface area contributed by atoms with Gasteiger partial charge in [-0.1, -0.05) is 25.0 Å². The van der Waals surface area contributed by atoms with Crippen molar-refractivity contribution >= 4 is 33.4 Å². The van der Waals surface area contributed by atoms with Crippen LogP contribution in [0.15, 0.2) is 28.7 Å². The fourth-order valence-corrected chi connectivity index (χ4v) is 3.68. The number of para-hydroxylation sites is 1. The summed E-state index contributed by atoms with van der Waals surface area (Å²) in [6.45, 7) is 1.77. The van der Waals surface area contributed by atoms with E-state index >= 15 is 0 Å². The second kappa shape index (κ2) is 4.88. The fourth-order valence-electron chi connectivity index (χ4n) is 3.20. The van der Waals surface area contributed by atoms with Gasteiger partial charge < -0.3 is 5.32 Å². The molecule has 3 rings (SSSR count). The maximum absolute atomic E-state index is 12.9. The molecule has 20 heavy (non-hydrogen) atoms. The molecule has 2 fully saturated rings. The lowest BCUT2D eigenvalue weighted by molar-refractivity contribution is -0.137. The Morgan fingerprint density at radius 3 is 2.55 bits per heavy atom. The Labute approximate surface area is 126 Å². The van der Waals surface area contributed by atoms with Gasteiger partial charge in [0.05, 0.1) is 5.69 Å². The maximum Gasteiger partial charge on any atom is 0.253 e. The molecule has 2 aliphatic rings. The number of piperazine rings is 1. The van der Waals surface area contributed by atoms with Crippen molar-refractivity contribution < 1.29 is 9.59 Å². The van der Waals surface area contributed by atoms with Gasteiger partial charge in [0.1, 0.15) is 11.6 Å². The van der Waals surface area contributed by atoms with Crippen LogP contribution in [0.3, 0.4) is 0 Å². The Hall–Kier alpha value is -1.36. The molecule has 1 atom stereocenters. The van der Waals surface area contributed by atoms with Crippen LogP contribution < -0.4 is 10.2 Å². The van der Waals surface area contributed by atoms with E-state index in [4.69, 9.17) is 0 Å². The van der Waals surface area contributed by atoms with Gasteiger partial charge in [-0.05, 0) is 47.8 Å². The molecular weight excluding hydrogens is 320 g/mol. The van der Waals surface area contributed by atoms with Gasteiger partial charge in [0.15, 0.2) is 0 Å². The van der Waals surface area contributed by atoms with E-state index in [0.29, 0.717) is 0 Å². The van der Waals surface area contributed by atoms with Gasteiger partial charge in [-0.15, -0.1) is 0 Å². The van der Waals surface area contributed by atoms with Crippen molar-refractivity contribution in [1.29, 1.82) is 0 Å². The number of amides is 2. The lowest BCUT2D eigenvalue weighted by Gasteiger charge is -2.43. The van der Waals surface area contributed by atoms with Crippen molar-refractivity contribution in [3.8, 4) is 0 Å². The van der Waals surface area contributed by atoms with Crippen molar-refractivity contribution in [2.24, 2.45) is 0 Å². The lowest BCUT2D eigenvalue weighted by atomic mass is 9.90. The predicted octanol–water partition coefficient (Wildman–Crippen LogP) is 2.61. The SMILES string of the molecule is CC1C(=O)NC2(CCCC2)C(=O)N1c1ccccc1Br. The van der Waals surface area contributed by atoms with Gasteiger partial charge in [0, 0.05) is 4.47 Å². The van der Waals surface area contributed by atoms with Crippen molar-refractivity contribution in [1.82, 2.24) is 5.32 Å². The van der Waals surface area contributed by atoms with E-state index in [9.17, 15) is 9.59 Å². The molecule has 1 aromatic carbocycles. The molecule has 1 unspecified atom stereocenters. The number of nitrogens with zero attached hydrogens (tertiary/aromatic N) is 1. The summed E-state index contributed by atoms with van der Waals surface area (Å²) < 4.78 is 0.836. The average molecular weight is 337 g/mol. The van der Waals surface area contributed by atoms with Crippen LogP contribution in [0.1, 0.15) is 32.6 Å². The number of rotatable bonds is 1. The van der Waals surface area contributed by atoms with Gasteiger partial charge in [0.25, 0.3) is 5.91 Å². The first-order valence-electron chi connectivity index (χ1n) is 6.95. The summed E-state index contributed by atoms with van der Waals surface area (Å²) in [6.07, 6.45) is 3.46. The number of carbonyl (C=O) groups is 2. The van der Waals surface area contributed by atoms with E-state index in [2.05, 4.69) is 21.2 Å². The van der Waals surface area contributed by atoms with Crippen LogP contribution in [-0.2, 0) is 9.59 Å². The fraction of sp³-hybridized carbons (Fsp3) is 0.467. The van der Waals surface area contributed by atoms with Gasteiger partial charge in [0.2, 0.25) is 5.91 Å². The molecule has 1 aliphatic carbocycles. The first-order chi connectivity index (χ1) is 9.55. The molecule has 1 saturated heterocycles. The number of halogens is 1. The molecule has 0 aromatic heterocycles. The molecular formula is C15H17BrN2O2. The molecule has 106 valence electrons. The summed E-state index contributed by atoms with van der Waals surface area (Å²) in [5, 5.41) is 2.97. The van der Waals surface area contributed by atoms with Gasteiger partial charge >= 0.3 is 0 Å². The first kappa shape index (κ1) is 13.6. The summed E-state index contributed by atoms with van der Waals surface area (Å²) >= 11 is 3.48. The summed E-state index contributed by atoms with van der Waals surface area (Å²) in [5.74, 6) is -0.0451. The van der Waals surface area contributed by atoms with Crippen LogP contribution in [0, 0.1) is 0 Å². The molecule has 5 heteroatoms. The topological polar surface area (TPSA) is 49.4 Å². The highest BCUT2D eigenvalue weighted by molar-refractivity contribution is 9.10. The molecule has 1 N–H and O–H groups in total. The van der Waals surface area contributed by atoms with Crippen molar-refractivity contribution in [3.05, 3.63) is 28.7 Å². The molecule has 0 bridgehead atoms. The number of anilines is 1. The Kier molecular flexibility index (Phi) is 3.32. The highest BCUT2D eigenvalue weighted by Gasteiger charge is 2.51. The third kappa shape index (κ3) is 1.95. The number of hydrogen-bond donors (Lipinski definition) is 1. The Bertz CT molecular complexity index is 567. The number of hydrogen-bond acceptors (Lipinski definition) is 2. The van der Waals surface area contributed by atoms with E-state index in [1.807, 2.05) is 24.3 Å². The third-order valence-corrected chi connectivity index (χ3v) is 5.00. The molecule has 1 spiro atoms. The Morgan fingerprint density at radius 1 is 1.25 bits per heavy atom. The number of benzene rings is 1. The molecule has 2 amide bonds. The van der Waals surface area contributed by atoms with Crippen LogP contribution >= 0.6 is 15.9 Å². The van der Waals surface area contributed by atoms with E-state index < -0.39 is 11.6 Å². The van der Waals surface area contributed by atoms with Crippen molar-refractivity contribution in [3.63, 3.8) is 0 Å². The van der Waals surface area contributed by atoms with Crippen LogP contribution in [0.5, 0.6) is 0 Å². The molecule has 4 nitrogen and oxygen atoms in total. The van der Waals surface area contributed by atoms with Crippen molar-refractivity contribution in [2.75, 3.05) is 4.90 Å². The predicted molar refractivity (Wildman–Crippen MR) is 80.4 cm³/mol. The third-order valence-electron chi connectivity index (χ3n) is 4.33. The zero-order valence-corrected chi connectivity index (χ0v) is 12.9. The van der Waals surface area contributed by atoms with E-state index in [-0.39, 0.29) is 11.8 Å². The van der Waals surface area contributed by atoms with E-state index in [0.717, 1.165) is 35.8 Å². The minimum atomic E-state index is -0.682. The molecule has 1 heterocycles. The maximum atomic E-state index is 12.9. The standard InChI is InChI=1S/C15H17BrN2O2/c1-10-13(19)17-15(8-4-5-9-15)14(20)18(10)12-7-3-2-6-11(12)16/h2-3,6-7,10H,4-5,8-9H2,1H3,(H,17,19). The zero-order valence-electron chi connectivity index (χ0n) is 11.4. The van der Waals surface area contributed by atoms with Crippen molar-refractivity contribution in [2.45, 2.75) is 44.2 Å². The molecule has 1 aliphatic heterocycles. The highest BCUT2D eigenvalue weighted by atomic mass is 79.9. The lowest BCUT2D eigenvalue weighted by Crippen LogP contribution is -2.69. The zero-order chi connectivity index (χ0) is 14.3. The Balaban J connectivity index is 2.05. The smallest absolute Gasteiger partial charge is 0.253 e. The quantitative estimate of drug-likeness (QED) is 0.856. The molecule has 1 aromatic rings. The van der Waals surface area contributed by atoms with Crippen LogP contribution in [0.25, 0.3) is 0 Å². The average Bonchev–Trinajstić information content (AvgIpc) is 2.89. The Morgan fingerprint density at radius 2 is 1.90 bits per heavy atom. The second-order valence-electron chi connectivity index (χ2n) is 5.58. The second-order valence-corrected chi connectivity index (χ2v) is 6.44. The van der Waals surface area contributed by atoms with E-state index in [1.165, 1.54) is 0 Å². The minimum Gasteiger partial charge on any atom is -0.340 e. The molecule has 1 saturated carbocycles. The normalized spacial score (nSPS) is 25.1. The first-order valence-corrected chi connectivity index (χ1v) is 7.75. The largest absolute Gasteiger partial charge is 0.340 e. The summed E-state index contributed by atoms with van der Waals surface area (Å²) in [4.78, 5) is 26.9. The number of nitrogens with one attached hydrogen (secondary N) is 1. The summed E-state index contributed by atoms with van der Waals surface area (Å²) in [6, 6.07) is 7.07. The van der Waals surface area contributed by atoms with Gasteiger partial charge in [-0.3, -0.25) is 14.5 Å². The molecule has 0 radical (unpaired) electrons. The van der Waals surface area contributed by atoms with E-state index in [1.54, 1.807) is 11.8 Å². The van der Waals surface area contributed by atoms with Crippen LogP contribution in [0.2, 0.25) is 0 Å². The minimum absolute atomic E-state index is 0.0222. The van der Waals surface area contributed by atoms with Crippen LogP contribution in [-0.4, -0.2) is 23.4 Å². The van der Waals surface area contributed by atoms with Crippen LogP contribution in [0.4, 0.5) is 5.69 Å². The highest BCUT2D eigenvalue weighted by Crippen LogP contribution is 2.38. The summed E-state index contributed by atoms with van der Waals surface area (Å²) in [7, 11) is 0. The monoisotopic (exact) mass is 336 g/mol. The number of carbonyl (C=O) groups excluding carboxylic acids is 2. The van der Waals surface area contributed by atoms with Gasteiger partial charge in [-0.2, -0.15) is 0 Å². The van der Waals surface area contributed by atoms with Gasteiger partial charge in [-0.25, -0.2) is 0 Å².